The molecule has 17 heavy (non-hydrogen) atoms. The first-order chi connectivity index (χ1) is 7.74. The third-order valence-electron chi connectivity index (χ3n) is 1.97. The molecule has 92 valence electrons. The van der Waals surface area contributed by atoms with E-state index in [1.165, 1.54) is 19.1 Å². The average molecular weight is 258 g/mol. The lowest BCUT2D eigenvalue weighted by atomic mass is 10.2. The van der Waals surface area contributed by atoms with Gasteiger partial charge in [-0.15, -0.1) is 0 Å². The van der Waals surface area contributed by atoms with Crippen molar-refractivity contribution in [2.24, 2.45) is 0 Å². The summed E-state index contributed by atoms with van der Waals surface area (Å²) in [5.41, 5.74) is 0.0354. The molecule has 0 radical (unpaired) electrons. The molecule has 7 nitrogen and oxygen atoms in total. The third kappa shape index (κ3) is 3.00. The van der Waals surface area contributed by atoms with Gasteiger partial charge < -0.3 is 0 Å². The number of nitro groups is 1. The van der Waals surface area contributed by atoms with E-state index in [1.54, 1.807) is 4.72 Å². The summed E-state index contributed by atoms with van der Waals surface area (Å²) >= 11 is 0. The predicted molar refractivity (Wildman–Crippen MR) is 58.8 cm³/mol. The minimum atomic E-state index is -4.04. The van der Waals surface area contributed by atoms with Gasteiger partial charge in [-0.3, -0.25) is 14.9 Å². The number of amides is 1. The number of nitrogens with one attached hydrogen (secondary N) is 1. The Morgan fingerprint density at radius 1 is 1.41 bits per heavy atom. The zero-order valence-electron chi connectivity index (χ0n) is 9.13. The SMILES string of the molecule is CC(=O)NS(=O)(=O)c1ccc(C)c([N+](=O)[O-])c1. The lowest BCUT2D eigenvalue weighted by Gasteiger charge is -2.05. The van der Waals surface area contributed by atoms with Gasteiger partial charge in [0.25, 0.3) is 15.7 Å². The molecule has 0 bridgehead atoms. The summed E-state index contributed by atoms with van der Waals surface area (Å²) in [5.74, 6) is -0.756. The fourth-order valence-corrected chi connectivity index (χ4v) is 2.21. The Morgan fingerprint density at radius 2 is 2.00 bits per heavy atom. The van der Waals surface area contributed by atoms with Crippen LogP contribution in [-0.4, -0.2) is 19.2 Å². The highest BCUT2D eigenvalue weighted by atomic mass is 32.2. The second-order valence-corrected chi connectivity index (χ2v) is 5.05. The van der Waals surface area contributed by atoms with Crippen molar-refractivity contribution >= 4 is 21.6 Å². The fraction of sp³-hybridized carbons (Fsp3) is 0.222. The molecule has 0 aliphatic carbocycles. The molecule has 1 aromatic carbocycles. The van der Waals surface area contributed by atoms with Crippen molar-refractivity contribution in [2.45, 2.75) is 18.7 Å². The van der Waals surface area contributed by atoms with Gasteiger partial charge in [-0.2, -0.15) is 0 Å². The molecule has 0 spiro atoms. The van der Waals surface area contributed by atoms with E-state index in [0.717, 1.165) is 13.0 Å². The van der Waals surface area contributed by atoms with Gasteiger partial charge in [0.1, 0.15) is 0 Å². The van der Waals surface area contributed by atoms with E-state index in [-0.39, 0.29) is 10.6 Å². The van der Waals surface area contributed by atoms with E-state index in [9.17, 15) is 23.3 Å². The van der Waals surface area contributed by atoms with Gasteiger partial charge >= 0.3 is 0 Å². The number of carbonyl (C=O) groups is 1. The van der Waals surface area contributed by atoms with E-state index in [1.807, 2.05) is 0 Å². The summed E-state index contributed by atoms with van der Waals surface area (Å²) < 4.78 is 24.9. The summed E-state index contributed by atoms with van der Waals surface area (Å²) in [5, 5.41) is 10.6. The first-order valence-corrected chi connectivity index (χ1v) is 6.01. The number of benzene rings is 1. The van der Waals surface area contributed by atoms with Crippen LogP contribution in [0.25, 0.3) is 0 Å². The highest BCUT2D eigenvalue weighted by Crippen LogP contribution is 2.21. The van der Waals surface area contributed by atoms with Crippen LogP contribution in [0, 0.1) is 17.0 Å². The van der Waals surface area contributed by atoms with Crippen molar-refractivity contribution in [1.82, 2.24) is 4.72 Å². The average Bonchev–Trinajstić information content (AvgIpc) is 2.15. The monoisotopic (exact) mass is 258 g/mol. The lowest BCUT2D eigenvalue weighted by Crippen LogP contribution is -2.28. The number of carbonyl (C=O) groups excluding carboxylic acids is 1. The van der Waals surface area contributed by atoms with Crippen molar-refractivity contribution in [3.05, 3.63) is 33.9 Å². The molecular weight excluding hydrogens is 248 g/mol. The summed E-state index contributed by atoms with van der Waals surface area (Å²) in [6.07, 6.45) is 0. The maximum atomic E-state index is 11.6. The van der Waals surface area contributed by atoms with Crippen LogP contribution in [0.4, 0.5) is 5.69 Å². The molecule has 8 heteroatoms. The van der Waals surface area contributed by atoms with Crippen molar-refractivity contribution in [3.63, 3.8) is 0 Å². The van der Waals surface area contributed by atoms with E-state index in [2.05, 4.69) is 0 Å². The Kier molecular flexibility index (Phi) is 3.47. The van der Waals surface area contributed by atoms with Gasteiger partial charge in [-0.25, -0.2) is 13.1 Å². The van der Waals surface area contributed by atoms with E-state index in [4.69, 9.17) is 0 Å². The molecule has 0 aliphatic rings. The van der Waals surface area contributed by atoms with Gasteiger partial charge in [0, 0.05) is 18.6 Å². The minimum absolute atomic E-state index is 0.309. The summed E-state index contributed by atoms with van der Waals surface area (Å²) in [7, 11) is -4.04. The normalized spacial score (nSPS) is 10.9. The number of nitrogens with zero attached hydrogens (tertiary/aromatic N) is 1. The van der Waals surface area contributed by atoms with Crippen molar-refractivity contribution in [3.8, 4) is 0 Å². The number of hydrogen-bond acceptors (Lipinski definition) is 5. The molecular formula is C9H10N2O5S. The van der Waals surface area contributed by atoms with E-state index >= 15 is 0 Å². The molecule has 1 amide bonds. The van der Waals surface area contributed by atoms with Crippen molar-refractivity contribution < 1.29 is 18.1 Å². The third-order valence-corrected chi connectivity index (χ3v) is 3.40. The van der Waals surface area contributed by atoms with Crippen molar-refractivity contribution in [2.75, 3.05) is 0 Å². The smallest absolute Gasteiger partial charge is 0.273 e. The topological polar surface area (TPSA) is 106 Å². The molecule has 1 rings (SSSR count). The molecule has 1 aromatic rings. The first kappa shape index (κ1) is 13.1. The van der Waals surface area contributed by atoms with Crippen LogP contribution < -0.4 is 4.72 Å². The number of aryl methyl sites for hydroxylation is 1. The summed E-state index contributed by atoms with van der Waals surface area (Å²) in [6, 6.07) is 3.43. The summed E-state index contributed by atoms with van der Waals surface area (Å²) in [4.78, 5) is 20.3. The Balaban J connectivity index is 3.30. The zero-order chi connectivity index (χ0) is 13.2. The van der Waals surface area contributed by atoms with Gasteiger partial charge in [-0.05, 0) is 13.0 Å². The standard InChI is InChI=1S/C9H10N2O5S/c1-6-3-4-8(5-9(6)11(13)14)17(15,16)10-7(2)12/h3-5H,1-2H3,(H,10,12). The maximum Gasteiger partial charge on any atom is 0.273 e. The Morgan fingerprint density at radius 3 is 2.47 bits per heavy atom. The van der Waals surface area contributed by atoms with Crippen LogP contribution in [0.5, 0.6) is 0 Å². The molecule has 0 heterocycles. The van der Waals surface area contributed by atoms with Crippen LogP contribution in [0.3, 0.4) is 0 Å². The Labute approximate surface area is 97.7 Å². The molecule has 0 aliphatic heterocycles. The molecule has 0 fully saturated rings. The van der Waals surface area contributed by atoms with E-state index < -0.39 is 20.9 Å². The number of hydrogen-bond donors (Lipinski definition) is 1. The Bertz CT molecular complexity index is 579. The van der Waals surface area contributed by atoms with Gasteiger partial charge in [0.15, 0.2) is 0 Å². The number of nitro benzene ring substituents is 1. The molecule has 1 N–H and O–H groups in total. The highest BCUT2D eigenvalue weighted by Gasteiger charge is 2.20. The number of sulfonamides is 1. The highest BCUT2D eigenvalue weighted by molar-refractivity contribution is 7.90. The molecule has 0 aromatic heterocycles. The van der Waals surface area contributed by atoms with Crippen molar-refractivity contribution in [1.29, 1.82) is 0 Å². The van der Waals surface area contributed by atoms with E-state index in [0.29, 0.717) is 5.56 Å². The molecule has 0 saturated carbocycles. The second kappa shape index (κ2) is 4.50. The quantitative estimate of drug-likeness (QED) is 0.635. The summed E-state index contributed by atoms with van der Waals surface area (Å²) in [6.45, 7) is 2.53. The molecule has 0 atom stereocenters. The van der Waals surface area contributed by atoms with Gasteiger partial charge in [0.05, 0.1) is 9.82 Å². The number of rotatable bonds is 3. The predicted octanol–water partition coefficient (Wildman–Crippen LogP) is 0.728. The molecule has 0 unspecified atom stereocenters. The zero-order valence-corrected chi connectivity index (χ0v) is 9.95. The van der Waals surface area contributed by atoms with Crippen LogP contribution >= 0.6 is 0 Å². The Hall–Kier alpha value is -1.96. The molecule has 0 saturated heterocycles. The lowest BCUT2D eigenvalue weighted by molar-refractivity contribution is -0.385. The van der Waals surface area contributed by atoms with Crippen LogP contribution in [0.1, 0.15) is 12.5 Å². The maximum absolute atomic E-state index is 11.6. The minimum Gasteiger partial charge on any atom is -0.274 e. The fourth-order valence-electron chi connectivity index (χ4n) is 1.20. The van der Waals surface area contributed by atoms with Gasteiger partial charge in [0.2, 0.25) is 5.91 Å². The van der Waals surface area contributed by atoms with Gasteiger partial charge in [-0.1, -0.05) is 6.07 Å². The largest absolute Gasteiger partial charge is 0.274 e. The van der Waals surface area contributed by atoms with Crippen LogP contribution in [0.15, 0.2) is 23.1 Å². The van der Waals surface area contributed by atoms with Crippen LogP contribution in [0.2, 0.25) is 0 Å². The first-order valence-electron chi connectivity index (χ1n) is 4.52. The van der Waals surface area contributed by atoms with Crippen LogP contribution in [-0.2, 0) is 14.8 Å². The second-order valence-electron chi connectivity index (χ2n) is 3.37.